The first-order valence-corrected chi connectivity index (χ1v) is 6.83. The summed E-state index contributed by atoms with van der Waals surface area (Å²) in [6.45, 7) is 5.07. The SMILES string of the molecule is CCN(Cc1cccnc1)Cc1ccc(Cl)s1. The largest absolute Gasteiger partial charge is 0.294 e. The number of nitrogens with zero attached hydrogens (tertiary/aromatic N) is 2. The minimum absolute atomic E-state index is 0.859. The van der Waals surface area contributed by atoms with Crippen LogP contribution in [-0.2, 0) is 13.1 Å². The third kappa shape index (κ3) is 3.80. The fraction of sp³-hybridized carbons (Fsp3) is 0.308. The van der Waals surface area contributed by atoms with Gasteiger partial charge in [0.1, 0.15) is 0 Å². The molecule has 0 aliphatic carbocycles. The number of halogens is 1. The molecule has 2 heterocycles. The maximum atomic E-state index is 5.94. The van der Waals surface area contributed by atoms with E-state index in [1.807, 2.05) is 18.3 Å². The second-order valence-electron chi connectivity index (χ2n) is 3.87. The zero-order valence-electron chi connectivity index (χ0n) is 9.77. The summed E-state index contributed by atoms with van der Waals surface area (Å²) in [5, 5.41) is 0. The molecule has 0 aliphatic heterocycles. The molecule has 2 aromatic heterocycles. The lowest BCUT2D eigenvalue weighted by atomic mass is 10.2. The number of hydrogen-bond acceptors (Lipinski definition) is 3. The maximum Gasteiger partial charge on any atom is 0.0931 e. The van der Waals surface area contributed by atoms with Crippen LogP contribution in [-0.4, -0.2) is 16.4 Å². The fourth-order valence-electron chi connectivity index (χ4n) is 1.69. The molecule has 0 amide bonds. The van der Waals surface area contributed by atoms with Crippen LogP contribution in [0.15, 0.2) is 36.7 Å². The molecule has 0 aliphatic rings. The van der Waals surface area contributed by atoms with Crippen LogP contribution in [0.25, 0.3) is 0 Å². The smallest absolute Gasteiger partial charge is 0.0931 e. The minimum atomic E-state index is 0.859. The Morgan fingerprint density at radius 1 is 1.29 bits per heavy atom. The van der Waals surface area contributed by atoms with E-state index in [1.54, 1.807) is 17.5 Å². The summed E-state index contributed by atoms with van der Waals surface area (Å²) in [7, 11) is 0. The van der Waals surface area contributed by atoms with Gasteiger partial charge >= 0.3 is 0 Å². The molecule has 2 rings (SSSR count). The molecular weight excluding hydrogens is 252 g/mol. The molecule has 0 spiro atoms. The van der Waals surface area contributed by atoms with Crippen molar-refractivity contribution in [1.29, 1.82) is 0 Å². The van der Waals surface area contributed by atoms with Gasteiger partial charge in [0.15, 0.2) is 0 Å². The molecule has 0 unspecified atom stereocenters. The van der Waals surface area contributed by atoms with E-state index in [1.165, 1.54) is 10.4 Å². The average Bonchev–Trinajstić information content (AvgIpc) is 2.75. The van der Waals surface area contributed by atoms with Crippen LogP contribution in [0.3, 0.4) is 0 Å². The van der Waals surface area contributed by atoms with Crippen molar-refractivity contribution in [1.82, 2.24) is 9.88 Å². The van der Waals surface area contributed by atoms with Gasteiger partial charge < -0.3 is 0 Å². The third-order valence-electron chi connectivity index (χ3n) is 2.58. The second kappa shape index (κ2) is 6.15. The molecule has 4 heteroatoms. The summed E-state index contributed by atoms with van der Waals surface area (Å²) in [4.78, 5) is 7.82. The number of pyridine rings is 1. The Balaban J connectivity index is 1.98. The van der Waals surface area contributed by atoms with Crippen molar-refractivity contribution in [3.63, 3.8) is 0 Å². The number of aromatic nitrogens is 1. The molecule has 0 radical (unpaired) electrons. The molecule has 90 valence electrons. The van der Waals surface area contributed by atoms with Gasteiger partial charge in [0.2, 0.25) is 0 Å². The lowest BCUT2D eigenvalue weighted by Crippen LogP contribution is -2.21. The normalized spacial score (nSPS) is 11.0. The van der Waals surface area contributed by atoms with E-state index in [0.717, 1.165) is 24.0 Å². The van der Waals surface area contributed by atoms with Gasteiger partial charge in [-0.3, -0.25) is 9.88 Å². The van der Waals surface area contributed by atoms with Gasteiger partial charge in [0.25, 0.3) is 0 Å². The first-order valence-electron chi connectivity index (χ1n) is 5.63. The Morgan fingerprint density at radius 3 is 2.76 bits per heavy atom. The van der Waals surface area contributed by atoms with Crippen molar-refractivity contribution in [2.75, 3.05) is 6.54 Å². The molecule has 0 saturated heterocycles. The van der Waals surface area contributed by atoms with Crippen LogP contribution < -0.4 is 0 Å². The van der Waals surface area contributed by atoms with Gasteiger partial charge in [-0.25, -0.2) is 0 Å². The molecule has 2 nitrogen and oxygen atoms in total. The van der Waals surface area contributed by atoms with E-state index >= 15 is 0 Å². The van der Waals surface area contributed by atoms with Gasteiger partial charge in [0, 0.05) is 30.4 Å². The maximum absolute atomic E-state index is 5.94. The van der Waals surface area contributed by atoms with Gasteiger partial charge in [-0.15, -0.1) is 11.3 Å². The Kier molecular flexibility index (Phi) is 4.54. The number of rotatable bonds is 5. The molecule has 0 aromatic carbocycles. The average molecular weight is 267 g/mol. The standard InChI is InChI=1S/C13H15ClN2S/c1-2-16(9-11-4-3-7-15-8-11)10-12-5-6-13(14)17-12/h3-8H,2,9-10H2,1H3. The zero-order valence-corrected chi connectivity index (χ0v) is 11.3. The summed E-state index contributed by atoms with van der Waals surface area (Å²) in [5.41, 5.74) is 1.25. The summed E-state index contributed by atoms with van der Waals surface area (Å²) in [6.07, 6.45) is 3.73. The highest BCUT2D eigenvalue weighted by molar-refractivity contribution is 7.16. The molecule has 0 N–H and O–H groups in total. The predicted molar refractivity (Wildman–Crippen MR) is 73.4 cm³/mol. The highest BCUT2D eigenvalue weighted by Gasteiger charge is 2.06. The fourth-order valence-corrected chi connectivity index (χ4v) is 2.82. The van der Waals surface area contributed by atoms with Crippen LogP contribution in [0.1, 0.15) is 17.4 Å². The van der Waals surface area contributed by atoms with Crippen LogP contribution in [0, 0.1) is 0 Å². The molecule has 0 bridgehead atoms. The molecule has 17 heavy (non-hydrogen) atoms. The first kappa shape index (κ1) is 12.6. The van der Waals surface area contributed by atoms with Crippen LogP contribution in [0.5, 0.6) is 0 Å². The van der Waals surface area contributed by atoms with Crippen molar-refractivity contribution >= 4 is 22.9 Å². The van der Waals surface area contributed by atoms with E-state index in [4.69, 9.17) is 11.6 Å². The minimum Gasteiger partial charge on any atom is -0.294 e. The topological polar surface area (TPSA) is 16.1 Å². The Hall–Kier alpha value is -0.900. The van der Waals surface area contributed by atoms with E-state index in [-0.39, 0.29) is 0 Å². The predicted octanol–water partition coefficient (Wildman–Crippen LogP) is 3.82. The van der Waals surface area contributed by atoms with E-state index in [0.29, 0.717) is 0 Å². The van der Waals surface area contributed by atoms with Crippen molar-refractivity contribution in [2.24, 2.45) is 0 Å². The zero-order chi connectivity index (χ0) is 12.1. The quantitative estimate of drug-likeness (QED) is 0.818. The van der Waals surface area contributed by atoms with Gasteiger partial charge in [-0.2, -0.15) is 0 Å². The highest BCUT2D eigenvalue weighted by Crippen LogP contribution is 2.23. The molecule has 2 aromatic rings. The van der Waals surface area contributed by atoms with Gasteiger partial charge in [0.05, 0.1) is 4.34 Å². The Labute approximate surface area is 111 Å². The monoisotopic (exact) mass is 266 g/mol. The lowest BCUT2D eigenvalue weighted by molar-refractivity contribution is 0.273. The molecule has 0 fully saturated rings. The highest BCUT2D eigenvalue weighted by atomic mass is 35.5. The third-order valence-corrected chi connectivity index (χ3v) is 3.80. The second-order valence-corrected chi connectivity index (χ2v) is 5.67. The van der Waals surface area contributed by atoms with Gasteiger partial charge in [-0.05, 0) is 30.3 Å². The van der Waals surface area contributed by atoms with E-state index < -0.39 is 0 Å². The molecular formula is C13H15ClN2S. The molecule has 0 atom stereocenters. The number of thiophene rings is 1. The Bertz CT molecular complexity index is 455. The van der Waals surface area contributed by atoms with Gasteiger partial charge in [-0.1, -0.05) is 24.6 Å². The number of hydrogen-bond donors (Lipinski definition) is 0. The van der Waals surface area contributed by atoms with Crippen molar-refractivity contribution in [3.8, 4) is 0 Å². The first-order chi connectivity index (χ1) is 8.28. The van der Waals surface area contributed by atoms with Crippen LogP contribution >= 0.6 is 22.9 Å². The van der Waals surface area contributed by atoms with Crippen molar-refractivity contribution < 1.29 is 0 Å². The van der Waals surface area contributed by atoms with Crippen molar-refractivity contribution in [2.45, 2.75) is 20.0 Å². The summed E-state index contributed by atoms with van der Waals surface area (Å²) in [5.74, 6) is 0. The van der Waals surface area contributed by atoms with E-state index in [9.17, 15) is 0 Å². The molecule has 0 saturated carbocycles. The Morgan fingerprint density at radius 2 is 2.18 bits per heavy atom. The van der Waals surface area contributed by atoms with E-state index in [2.05, 4.69) is 28.9 Å². The summed E-state index contributed by atoms with van der Waals surface area (Å²) >= 11 is 7.59. The van der Waals surface area contributed by atoms with Crippen LogP contribution in [0.4, 0.5) is 0 Å². The van der Waals surface area contributed by atoms with Crippen LogP contribution in [0.2, 0.25) is 4.34 Å². The summed E-state index contributed by atoms with van der Waals surface area (Å²) in [6, 6.07) is 8.14. The lowest BCUT2D eigenvalue weighted by Gasteiger charge is -2.19. The summed E-state index contributed by atoms with van der Waals surface area (Å²) < 4.78 is 0.859. The van der Waals surface area contributed by atoms with Crippen molar-refractivity contribution in [3.05, 3.63) is 51.4 Å².